The Balaban J connectivity index is 1.39. The van der Waals surface area contributed by atoms with Crippen molar-refractivity contribution >= 4 is 34.7 Å². The van der Waals surface area contributed by atoms with Gasteiger partial charge in [0.25, 0.3) is 5.91 Å². The lowest BCUT2D eigenvalue weighted by molar-refractivity contribution is -0.137. The zero-order chi connectivity index (χ0) is 27.7. The molecule has 0 atom stereocenters. The molecule has 39 heavy (non-hydrogen) atoms. The third kappa shape index (κ3) is 5.83. The molecular weight excluding hydrogens is 531 g/mol. The van der Waals surface area contributed by atoms with Crippen LogP contribution in [0.5, 0.6) is 0 Å². The van der Waals surface area contributed by atoms with E-state index in [4.69, 9.17) is 22.5 Å². The molecule has 1 amide bonds. The number of benzene rings is 2. The monoisotopic (exact) mass is 553 g/mol. The van der Waals surface area contributed by atoms with Crippen molar-refractivity contribution in [1.29, 1.82) is 0 Å². The second-order valence-corrected chi connectivity index (χ2v) is 9.47. The lowest BCUT2D eigenvalue weighted by Gasteiger charge is -2.32. The quantitative estimate of drug-likeness (QED) is 0.289. The van der Waals surface area contributed by atoms with E-state index in [-0.39, 0.29) is 16.3 Å². The van der Waals surface area contributed by atoms with E-state index in [1.807, 2.05) is 12.1 Å². The van der Waals surface area contributed by atoms with E-state index in [1.165, 1.54) is 6.07 Å². The number of hydrazine groups is 1. The number of fused-ring (bicyclic) bond motifs is 1. The molecule has 1 aliphatic rings. The van der Waals surface area contributed by atoms with Gasteiger partial charge in [-0.1, -0.05) is 23.6 Å². The zero-order valence-corrected chi connectivity index (χ0v) is 21.5. The first-order chi connectivity index (χ1) is 18.6. The maximum Gasteiger partial charge on any atom is 0.416 e. The second kappa shape index (κ2) is 10.6. The van der Waals surface area contributed by atoms with Gasteiger partial charge >= 0.3 is 6.18 Å². The standard InChI is InChI=1S/C27H23ClF3N7O/c1-17-18(3-2-4-23(17)26(39)34-21-14-19(27(29,30)31)13-20(28)15-21)5-6-22-16-33-24-7-8-25(35-38(22)24)36-9-11-37(32)12-10-36/h2-4,7-8,13-16H,9-12,32H2,1H3,(H,34,39). The van der Waals surface area contributed by atoms with Crippen LogP contribution in [0.3, 0.4) is 0 Å². The summed E-state index contributed by atoms with van der Waals surface area (Å²) in [4.78, 5) is 19.5. The summed E-state index contributed by atoms with van der Waals surface area (Å²) in [6.45, 7) is 4.71. The molecule has 1 saturated heterocycles. The Morgan fingerprint density at radius 2 is 1.85 bits per heavy atom. The fourth-order valence-electron chi connectivity index (χ4n) is 4.24. The van der Waals surface area contributed by atoms with Crippen molar-refractivity contribution in [1.82, 2.24) is 19.6 Å². The molecule has 1 aliphatic heterocycles. The Kier molecular flexibility index (Phi) is 7.18. The summed E-state index contributed by atoms with van der Waals surface area (Å²) in [6, 6.07) is 11.7. The molecule has 3 N–H and O–H groups in total. The Labute approximate surface area is 227 Å². The minimum atomic E-state index is -4.59. The van der Waals surface area contributed by atoms with Crippen LogP contribution in [-0.4, -0.2) is 51.7 Å². The second-order valence-electron chi connectivity index (χ2n) is 9.04. The number of hydrogen-bond acceptors (Lipinski definition) is 6. The zero-order valence-electron chi connectivity index (χ0n) is 20.8. The number of carbonyl (C=O) groups is 1. The van der Waals surface area contributed by atoms with E-state index < -0.39 is 17.6 Å². The van der Waals surface area contributed by atoms with Gasteiger partial charge < -0.3 is 10.2 Å². The number of imidazole rings is 1. The Bertz CT molecular complexity index is 1620. The molecule has 0 radical (unpaired) electrons. The van der Waals surface area contributed by atoms with Crippen LogP contribution in [-0.2, 0) is 6.18 Å². The number of nitrogens with two attached hydrogens (primary N) is 1. The number of amides is 1. The third-order valence-electron chi connectivity index (χ3n) is 6.37. The summed E-state index contributed by atoms with van der Waals surface area (Å²) >= 11 is 5.84. The predicted molar refractivity (Wildman–Crippen MR) is 143 cm³/mol. The highest BCUT2D eigenvalue weighted by molar-refractivity contribution is 6.31. The summed E-state index contributed by atoms with van der Waals surface area (Å²) in [5.74, 6) is 12.2. The summed E-state index contributed by atoms with van der Waals surface area (Å²) in [5, 5.41) is 8.84. The Morgan fingerprint density at radius 3 is 2.59 bits per heavy atom. The smallest absolute Gasteiger partial charge is 0.353 e. The van der Waals surface area contributed by atoms with E-state index in [9.17, 15) is 18.0 Å². The number of carbonyl (C=O) groups excluding carboxylic acids is 1. The highest BCUT2D eigenvalue weighted by atomic mass is 35.5. The molecule has 12 heteroatoms. The van der Waals surface area contributed by atoms with Gasteiger partial charge in [-0.15, -0.1) is 5.10 Å². The van der Waals surface area contributed by atoms with Crippen molar-refractivity contribution in [3.63, 3.8) is 0 Å². The van der Waals surface area contributed by atoms with Crippen molar-refractivity contribution in [2.45, 2.75) is 13.1 Å². The maximum atomic E-state index is 13.1. The minimum Gasteiger partial charge on any atom is -0.353 e. The number of rotatable bonds is 3. The molecule has 200 valence electrons. The molecule has 0 spiro atoms. The Hall–Kier alpha value is -4.11. The van der Waals surface area contributed by atoms with Gasteiger partial charge in [-0.3, -0.25) is 10.6 Å². The van der Waals surface area contributed by atoms with Gasteiger partial charge in [0.05, 0.1) is 11.8 Å². The molecule has 0 bridgehead atoms. The van der Waals surface area contributed by atoms with Gasteiger partial charge in [0.2, 0.25) is 0 Å². The summed E-state index contributed by atoms with van der Waals surface area (Å²) in [5.41, 5.74) is 1.62. The van der Waals surface area contributed by atoms with Gasteiger partial charge in [0, 0.05) is 48.0 Å². The molecule has 0 aliphatic carbocycles. The van der Waals surface area contributed by atoms with Crippen molar-refractivity contribution in [2.75, 3.05) is 36.4 Å². The van der Waals surface area contributed by atoms with E-state index in [0.717, 1.165) is 44.1 Å². The van der Waals surface area contributed by atoms with Crippen molar-refractivity contribution in [3.8, 4) is 11.8 Å². The van der Waals surface area contributed by atoms with Crippen molar-refractivity contribution in [2.24, 2.45) is 5.84 Å². The number of halogens is 4. The van der Waals surface area contributed by atoms with Gasteiger partial charge in [0.1, 0.15) is 11.5 Å². The number of hydrogen-bond donors (Lipinski definition) is 2. The summed E-state index contributed by atoms with van der Waals surface area (Å²) in [6.07, 6.45) is -2.97. The van der Waals surface area contributed by atoms with Crippen LogP contribution in [0, 0.1) is 18.8 Å². The van der Waals surface area contributed by atoms with Crippen LogP contribution in [0.1, 0.15) is 32.7 Å². The first-order valence-corrected chi connectivity index (χ1v) is 12.4. The largest absolute Gasteiger partial charge is 0.416 e. The van der Waals surface area contributed by atoms with E-state index >= 15 is 0 Å². The lowest BCUT2D eigenvalue weighted by Crippen LogP contribution is -2.49. The van der Waals surface area contributed by atoms with E-state index in [1.54, 1.807) is 40.8 Å². The number of nitrogens with zero attached hydrogens (tertiary/aromatic N) is 5. The average molecular weight is 554 g/mol. The van der Waals surface area contributed by atoms with Crippen molar-refractivity contribution in [3.05, 3.63) is 87.7 Å². The fourth-order valence-corrected chi connectivity index (χ4v) is 4.48. The number of alkyl halides is 3. The molecule has 2 aromatic heterocycles. The van der Waals surface area contributed by atoms with Gasteiger partial charge in [-0.05, 0) is 60.9 Å². The average Bonchev–Trinajstić information content (AvgIpc) is 3.30. The topological polar surface area (TPSA) is 91.8 Å². The normalized spacial score (nSPS) is 14.3. The lowest BCUT2D eigenvalue weighted by atomic mass is 10.0. The first kappa shape index (κ1) is 26.5. The molecule has 2 aromatic carbocycles. The fraction of sp³-hybridized carbons (Fsp3) is 0.222. The van der Waals surface area contributed by atoms with Crippen molar-refractivity contribution < 1.29 is 18.0 Å². The molecule has 4 aromatic rings. The van der Waals surface area contributed by atoms with E-state index in [0.29, 0.717) is 22.5 Å². The minimum absolute atomic E-state index is 0.0591. The number of anilines is 2. The third-order valence-corrected chi connectivity index (χ3v) is 6.59. The summed E-state index contributed by atoms with van der Waals surface area (Å²) < 4.78 is 41.1. The molecular formula is C27H23ClF3N7O. The van der Waals surface area contributed by atoms with Crippen LogP contribution < -0.4 is 16.1 Å². The van der Waals surface area contributed by atoms with Crippen LogP contribution in [0.4, 0.5) is 24.7 Å². The Morgan fingerprint density at radius 1 is 1.08 bits per heavy atom. The number of aromatic nitrogens is 3. The van der Waals surface area contributed by atoms with Gasteiger partial charge in [-0.2, -0.15) is 13.2 Å². The number of piperazine rings is 1. The van der Waals surface area contributed by atoms with Crippen LogP contribution >= 0.6 is 11.6 Å². The van der Waals surface area contributed by atoms with Crippen LogP contribution in [0.2, 0.25) is 5.02 Å². The highest BCUT2D eigenvalue weighted by Gasteiger charge is 2.31. The van der Waals surface area contributed by atoms with E-state index in [2.05, 4.69) is 27.0 Å². The molecule has 8 nitrogen and oxygen atoms in total. The molecule has 0 saturated carbocycles. The number of nitrogens with one attached hydrogen (secondary N) is 1. The molecule has 0 unspecified atom stereocenters. The molecule has 1 fully saturated rings. The maximum absolute atomic E-state index is 13.1. The molecule has 3 heterocycles. The molecule has 5 rings (SSSR count). The predicted octanol–water partition coefficient (Wildman–Crippen LogP) is 4.36. The highest BCUT2D eigenvalue weighted by Crippen LogP contribution is 2.33. The van der Waals surface area contributed by atoms with Gasteiger partial charge in [0.15, 0.2) is 5.65 Å². The first-order valence-electron chi connectivity index (χ1n) is 12.0. The van der Waals surface area contributed by atoms with Crippen LogP contribution in [0.25, 0.3) is 5.65 Å². The SMILES string of the molecule is Cc1c(C#Cc2cnc3ccc(N4CCN(N)CC4)nn23)cccc1C(=O)Nc1cc(Cl)cc(C(F)(F)F)c1. The van der Waals surface area contributed by atoms with Crippen LogP contribution in [0.15, 0.2) is 54.7 Å². The summed E-state index contributed by atoms with van der Waals surface area (Å²) in [7, 11) is 0. The van der Waals surface area contributed by atoms with Gasteiger partial charge in [-0.25, -0.2) is 14.5 Å².